The fourth-order valence-corrected chi connectivity index (χ4v) is 1.16. The monoisotopic (exact) mass is 213 g/mol. The molecule has 90 valence electrons. The zero-order valence-electron chi connectivity index (χ0n) is 11.0. The normalized spacial score (nSPS) is 18.3. The maximum absolute atomic E-state index is 6.07. The van der Waals surface area contributed by atoms with Crippen LogP contribution in [0, 0.1) is 5.92 Å². The van der Waals surface area contributed by atoms with E-state index in [1.54, 1.807) is 6.08 Å². The highest BCUT2D eigenvalue weighted by molar-refractivity contribution is 5.00. The lowest BCUT2D eigenvalue weighted by Crippen LogP contribution is -2.44. The molecule has 0 aliphatic heterocycles. The quantitative estimate of drug-likeness (QED) is 0.659. The smallest absolute Gasteiger partial charge is 0.0649 e. The van der Waals surface area contributed by atoms with Crippen molar-refractivity contribution >= 4 is 0 Å². The number of ether oxygens (including phenoxy) is 1. The minimum Gasteiger partial charge on any atom is -0.375 e. The van der Waals surface area contributed by atoms with Crippen molar-refractivity contribution in [3.63, 3.8) is 0 Å². The lowest BCUT2D eigenvalue weighted by atomic mass is 9.88. The zero-order valence-corrected chi connectivity index (χ0v) is 11.0. The first-order chi connectivity index (χ1) is 6.81. The predicted molar refractivity (Wildman–Crippen MR) is 66.9 cm³/mol. The van der Waals surface area contributed by atoms with Crippen LogP contribution < -0.4 is 5.73 Å². The molecule has 15 heavy (non-hydrogen) atoms. The van der Waals surface area contributed by atoms with Crippen LogP contribution in [0.4, 0.5) is 0 Å². The van der Waals surface area contributed by atoms with Crippen molar-refractivity contribution < 1.29 is 4.74 Å². The molecule has 0 aromatic heterocycles. The molecule has 0 saturated heterocycles. The first kappa shape index (κ1) is 14.7. The Bertz CT molecular complexity index is 195. The second-order valence-corrected chi connectivity index (χ2v) is 4.94. The molecule has 2 N–H and O–H groups in total. The van der Waals surface area contributed by atoms with Crippen molar-refractivity contribution in [3.05, 3.63) is 12.7 Å². The molecule has 2 heteroatoms. The summed E-state index contributed by atoms with van der Waals surface area (Å²) in [5.41, 5.74) is 5.72. The van der Waals surface area contributed by atoms with Gasteiger partial charge in [-0.05, 0) is 26.7 Å². The van der Waals surface area contributed by atoms with Crippen LogP contribution in [0.1, 0.15) is 47.5 Å². The molecule has 0 bridgehead atoms. The SMILES string of the molecule is C=CC(C)(N)C(C)COC(C)(CC)CC. The van der Waals surface area contributed by atoms with E-state index in [0.717, 1.165) is 12.8 Å². The molecule has 0 aromatic rings. The van der Waals surface area contributed by atoms with E-state index in [1.165, 1.54) is 0 Å². The van der Waals surface area contributed by atoms with Crippen molar-refractivity contribution in [3.8, 4) is 0 Å². The van der Waals surface area contributed by atoms with Crippen LogP contribution in [0.15, 0.2) is 12.7 Å². The van der Waals surface area contributed by atoms with Gasteiger partial charge in [-0.25, -0.2) is 0 Å². The average Bonchev–Trinajstić information content (AvgIpc) is 2.25. The minimum absolute atomic E-state index is 0.00842. The second kappa shape index (κ2) is 5.66. The van der Waals surface area contributed by atoms with Crippen molar-refractivity contribution in [1.29, 1.82) is 0 Å². The molecule has 0 radical (unpaired) electrons. The van der Waals surface area contributed by atoms with Gasteiger partial charge in [0.25, 0.3) is 0 Å². The van der Waals surface area contributed by atoms with Gasteiger partial charge in [0, 0.05) is 11.5 Å². The van der Waals surface area contributed by atoms with E-state index < -0.39 is 0 Å². The number of hydrogen-bond acceptors (Lipinski definition) is 2. The molecular weight excluding hydrogens is 186 g/mol. The fraction of sp³-hybridized carbons (Fsp3) is 0.846. The van der Waals surface area contributed by atoms with Crippen LogP contribution in [0.2, 0.25) is 0 Å². The molecule has 0 heterocycles. The lowest BCUT2D eigenvalue weighted by Gasteiger charge is -2.33. The summed E-state index contributed by atoms with van der Waals surface area (Å²) in [6.07, 6.45) is 3.87. The lowest BCUT2D eigenvalue weighted by molar-refractivity contribution is -0.0568. The van der Waals surface area contributed by atoms with E-state index in [1.807, 2.05) is 6.92 Å². The highest BCUT2D eigenvalue weighted by Crippen LogP contribution is 2.23. The maximum Gasteiger partial charge on any atom is 0.0649 e. The summed E-state index contributed by atoms with van der Waals surface area (Å²) in [6.45, 7) is 15.0. The average molecular weight is 213 g/mol. The molecule has 2 nitrogen and oxygen atoms in total. The van der Waals surface area contributed by atoms with Crippen molar-refractivity contribution in [2.24, 2.45) is 11.7 Å². The van der Waals surface area contributed by atoms with Gasteiger partial charge in [0.2, 0.25) is 0 Å². The summed E-state index contributed by atoms with van der Waals surface area (Å²) in [7, 11) is 0. The van der Waals surface area contributed by atoms with Gasteiger partial charge in [-0.3, -0.25) is 0 Å². The van der Waals surface area contributed by atoms with E-state index >= 15 is 0 Å². The molecule has 0 fully saturated rings. The van der Waals surface area contributed by atoms with Gasteiger partial charge in [0.1, 0.15) is 0 Å². The first-order valence-electron chi connectivity index (χ1n) is 5.87. The molecule has 2 unspecified atom stereocenters. The molecule has 0 aromatic carbocycles. The summed E-state index contributed by atoms with van der Waals surface area (Å²) >= 11 is 0. The third-order valence-electron chi connectivity index (χ3n) is 3.68. The third kappa shape index (κ3) is 4.35. The highest BCUT2D eigenvalue weighted by atomic mass is 16.5. The Morgan fingerprint density at radius 1 is 1.33 bits per heavy atom. The fourth-order valence-electron chi connectivity index (χ4n) is 1.16. The van der Waals surface area contributed by atoms with Crippen LogP contribution in [0.25, 0.3) is 0 Å². The van der Waals surface area contributed by atoms with Crippen LogP contribution in [-0.2, 0) is 4.74 Å². The van der Waals surface area contributed by atoms with Gasteiger partial charge >= 0.3 is 0 Å². The van der Waals surface area contributed by atoms with Gasteiger partial charge in [0.05, 0.1) is 12.2 Å². The van der Waals surface area contributed by atoms with Gasteiger partial charge in [-0.2, -0.15) is 0 Å². The second-order valence-electron chi connectivity index (χ2n) is 4.94. The Balaban J connectivity index is 4.21. The van der Waals surface area contributed by atoms with E-state index in [4.69, 9.17) is 10.5 Å². The van der Waals surface area contributed by atoms with Crippen molar-refractivity contribution in [2.75, 3.05) is 6.61 Å². The van der Waals surface area contributed by atoms with Gasteiger partial charge in [0.15, 0.2) is 0 Å². The maximum atomic E-state index is 6.07. The first-order valence-corrected chi connectivity index (χ1v) is 5.87. The van der Waals surface area contributed by atoms with Gasteiger partial charge in [-0.1, -0.05) is 26.8 Å². The molecule has 0 aliphatic carbocycles. The molecular formula is C13H27NO. The largest absolute Gasteiger partial charge is 0.375 e. The Morgan fingerprint density at radius 3 is 2.13 bits per heavy atom. The molecule has 0 amide bonds. The Labute approximate surface area is 94.9 Å². The van der Waals surface area contributed by atoms with Crippen molar-refractivity contribution in [1.82, 2.24) is 0 Å². The highest BCUT2D eigenvalue weighted by Gasteiger charge is 2.27. The van der Waals surface area contributed by atoms with Crippen LogP contribution in [0.3, 0.4) is 0 Å². The number of nitrogens with two attached hydrogens (primary N) is 1. The molecule has 0 aliphatic rings. The van der Waals surface area contributed by atoms with Crippen LogP contribution >= 0.6 is 0 Å². The summed E-state index contributed by atoms with van der Waals surface area (Å²) in [5.74, 6) is 0.285. The van der Waals surface area contributed by atoms with Gasteiger partial charge < -0.3 is 10.5 Å². The third-order valence-corrected chi connectivity index (χ3v) is 3.68. The van der Waals surface area contributed by atoms with Crippen LogP contribution in [-0.4, -0.2) is 17.7 Å². The number of hydrogen-bond donors (Lipinski definition) is 1. The summed E-state index contributed by atoms with van der Waals surface area (Å²) in [4.78, 5) is 0. The summed E-state index contributed by atoms with van der Waals surface area (Å²) in [6, 6.07) is 0. The summed E-state index contributed by atoms with van der Waals surface area (Å²) < 4.78 is 5.95. The topological polar surface area (TPSA) is 35.2 Å². The zero-order chi connectivity index (χ0) is 12.1. The molecule has 0 spiro atoms. The van der Waals surface area contributed by atoms with Gasteiger partial charge in [-0.15, -0.1) is 6.58 Å². The van der Waals surface area contributed by atoms with Crippen molar-refractivity contribution in [2.45, 2.75) is 58.6 Å². The van der Waals surface area contributed by atoms with E-state index in [0.29, 0.717) is 6.61 Å². The Morgan fingerprint density at radius 2 is 1.80 bits per heavy atom. The standard InChI is InChI=1S/C13H27NO/c1-7-12(5,8-2)15-10-11(4)13(6,14)9-3/h9,11H,3,7-8,10,14H2,1-2,4-6H3. The predicted octanol–water partition coefficient (Wildman–Crippen LogP) is 3.12. The molecule has 0 rings (SSSR count). The van der Waals surface area contributed by atoms with E-state index in [-0.39, 0.29) is 17.1 Å². The number of rotatable bonds is 7. The summed E-state index contributed by atoms with van der Waals surface area (Å²) in [5, 5.41) is 0. The molecule has 0 saturated carbocycles. The van der Waals surface area contributed by atoms with E-state index in [9.17, 15) is 0 Å². The Kier molecular flexibility index (Phi) is 5.54. The van der Waals surface area contributed by atoms with E-state index in [2.05, 4.69) is 34.3 Å². The van der Waals surface area contributed by atoms with Crippen LogP contribution in [0.5, 0.6) is 0 Å². The minimum atomic E-state index is -0.345. The Hall–Kier alpha value is -0.340. The molecule has 2 atom stereocenters.